The van der Waals surface area contributed by atoms with Crippen molar-refractivity contribution in [2.24, 2.45) is 22.7 Å². The van der Waals surface area contributed by atoms with Crippen LogP contribution in [-0.2, 0) is 9.59 Å². The van der Waals surface area contributed by atoms with E-state index in [4.69, 9.17) is 5.11 Å². The number of fused-ring (bicyclic) bond motifs is 1. The summed E-state index contributed by atoms with van der Waals surface area (Å²) in [5.41, 5.74) is 0.738. The number of rotatable bonds is 5. The van der Waals surface area contributed by atoms with E-state index in [0.29, 0.717) is 18.4 Å². The molecule has 24 heavy (non-hydrogen) atoms. The Morgan fingerprint density at radius 1 is 1.33 bits per heavy atom. The molecule has 2 rings (SSSR count). The van der Waals surface area contributed by atoms with Gasteiger partial charge in [0.25, 0.3) is 0 Å². The Morgan fingerprint density at radius 3 is 2.58 bits per heavy atom. The van der Waals surface area contributed by atoms with E-state index < -0.39 is 11.4 Å². The summed E-state index contributed by atoms with van der Waals surface area (Å²) in [6.45, 7) is 9.84. The zero-order valence-corrected chi connectivity index (χ0v) is 15.1. The molecule has 0 bridgehead atoms. The van der Waals surface area contributed by atoms with Crippen molar-refractivity contribution in [3.63, 3.8) is 0 Å². The van der Waals surface area contributed by atoms with Crippen molar-refractivity contribution in [2.45, 2.75) is 59.3 Å². The summed E-state index contributed by atoms with van der Waals surface area (Å²) in [5.74, 6) is -0.599. The molecule has 2 fully saturated rings. The van der Waals surface area contributed by atoms with Crippen LogP contribution in [-0.4, -0.2) is 28.6 Å². The van der Waals surface area contributed by atoms with E-state index in [9.17, 15) is 14.7 Å². The minimum absolute atomic E-state index is 0.0183. The Balaban J connectivity index is 2.34. The van der Waals surface area contributed by atoms with Crippen LogP contribution in [0.1, 0.15) is 59.3 Å². The van der Waals surface area contributed by atoms with Gasteiger partial charge in [0.2, 0.25) is 0 Å². The molecule has 0 amide bonds. The highest BCUT2D eigenvalue weighted by Gasteiger charge is 2.57. The second-order valence-corrected chi connectivity index (χ2v) is 8.08. The van der Waals surface area contributed by atoms with Crippen molar-refractivity contribution in [1.29, 1.82) is 0 Å². The first-order valence-corrected chi connectivity index (χ1v) is 8.88. The molecule has 0 saturated heterocycles. The first-order valence-electron chi connectivity index (χ1n) is 8.88. The first kappa shape index (κ1) is 18.9. The SMILES string of the molecule is C=C1CC[C@@H]2[C@@](C)(CCC[C@]2(C)C(=O)O)[C@H]1CC(=O)/C(C)=C/CO. The minimum atomic E-state index is -0.717. The number of ketones is 1. The van der Waals surface area contributed by atoms with E-state index in [0.717, 1.165) is 31.3 Å². The maximum absolute atomic E-state index is 12.5. The molecule has 2 aliphatic rings. The monoisotopic (exact) mass is 334 g/mol. The van der Waals surface area contributed by atoms with Gasteiger partial charge in [-0.3, -0.25) is 9.59 Å². The van der Waals surface area contributed by atoms with Gasteiger partial charge in [0.15, 0.2) is 5.78 Å². The van der Waals surface area contributed by atoms with Gasteiger partial charge in [-0.15, -0.1) is 0 Å². The highest BCUT2D eigenvalue weighted by atomic mass is 16.4. The molecule has 0 aromatic heterocycles. The lowest BCUT2D eigenvalue weighted by Crippen LogP contribution is -2.53. The van der Waals surface area contributed by atoms with E-state index in [-0.39, 0.29) is 29.6 Å². The molecular formula is C20H30O4. The van der Waals surface area contributed by atoms with Crippen LogP contribution in [0.4, 0.5) is 0 Å². The van der Waals surface area contributed by atoms with Gasteiger partial charge in [0.05, 0.1) is 12.0 Å². The summed E-state index contributed by atoms with van der Waals surface area (Å²) in [4.78, 5) is 24.5. The minimum Gasteiger partial charge on any atom is -0.481 e. The maximum atomic E-state index is 12.5. The van der Waals surface area contributed by atoms with Gasteiger partial charge in [0, 0.05) is 6.42 Å². The van der Waals surface area contributed by atoms with Crippen LogP contribution < -0.4 is 0 Å². The summed E-state index contributed by atoms with van der Waals surface area (Å²) in [5, 5.41) is 18.8. The Labute approximate surface area is 144 Å². The van der Waals surface area contributed by atoms with Crippen molar-refractivity contribution in [2.75, 3.05) is 6.61 Å². The lowest BCUT2D eigenvalue weighted by molar-refractivity contribution is -0.164. The van der Waals surface area contributed by atoms with Gasteiger partial charge in [-0.1, -0.05) is 31.6 Å². The number of hydrogen-bond donors (Lipinski definition) is 2. The average Bonchev–Trinajstić information content (AvgIpc) is 2.50. The van der Waals surface area contributed by atoms with Crippen LogP contribution in [0, 0.1) is 22.7 Å². The molecule has 0 aliphatic heterocycles. The molecule has 2 saturated carbocycles. The van der Waals surface area contributed by atoms with Crippen molar-refractivity contribution < 1.29 is 19.8 Å². The van der Waals surface area contributed by atoms with Crippen LogP contribution in [0.3, 0.4) is 0 Å². The molecular weight excluding hydrogens is 304 g/mol. The van der Waals surface area contributed by atoms with E-state index in [1.165, 1.54) is 6.08 Å². The van der Waals surface area contributed by atoms with E-state index in [1.54, 1.807) is 6.92 Å². The van der Waals surface area contributed by atoms with Crippen LogP contribution >= 0.6 is 0 Å². The zero-order valence-electron chi connectivity index (χ0n) is 15.1. The van der Waals surface area contributed by atoms with Crippen LogP contribution in [0.5, 0.6) is 0 Å². The summed E-state index contributed by atoms with van der Waals surface area (Å²) < 4.78 is 0. The number of allylic oxidation sites excluding steroid dienone is 2. The van der Waals surface area contributed by atoms with Crippen molar-refractivity contribution in [3.8, 4) is 0 Å². The Hall–Kier alpha value is -1.42. The molecule has 0 spiro atoms. The standard InChI is InChI=1S/C20H30O4/c1-13-6-7-17-19(3,9-5-10-20(17,4)18(23)24)15(13)12-16(22)14(2)8-11-21/h8,15,17,21H,1,5-7,9-12H2,2-4H3,(H,23,24)/b14-8+/t15-,17+,19-,20-/m0/s1. The lowest BCUT2D eigenvalue weighted by atomic mass is 9.46. The van der Waals surface area contributed by atoms with E-state index in [1.807, 2.05) is 6.92 Å². The quantitative estimate of drug-likeness (QED) is 0.593. The zero-order chi connectivity index (χ0) is 18.1. The fourth-order valence-corrected chi connectivity index (χ4v) is 5.18. The third-order valence-electron chi connectivity index (χ3n) is 6.74. The molecule has 0 aromatic carbocycles. The fraction of sp³-hybridized carbons (Fsp3) is 0.700. The normalized spacial score (nSPS) is 37.0. The third kappa shape index (κ3) is 3.08. The Morgan fingerprint density at radius 2 is 2.00 bits per heavy atom. The van der Waals surface area contributed by atoms with Gasteiger partial charge >= 0.3 is 5.97 Å². The number of aliphatic carboxylic acids is 1. The molecule has 4 atom stereocenters. The van der Waals surface area contributed by atoms with Gasteiger partial charge in [-0.25, -0.2) is 0 Å². The molecule has 134 valence electrons. The summed E-state index contributed by atoms with van der Waals surface area (Å²) >= 11 is 0. The second kappa shape index (κ2) is 6.83. The van der Waals surface area contributed by atoms with Crippen LogP contribution in [0.25, 0.3) is 0 Å². The van der Waals surface area contributed by atoms with Gasteiger partial charge < -0.3 is 10.2 Å². The Kier molecular flexibility index (Phi) is 5.38. The molecule has 2 aliphatic carbocycles. The van der Waals surface area contributed by atoms with Crippen LogP contribution in [0.15, 0.2) is 23.8 Å². The number of carbonyl (C=O) groups excluding carboxylic acids is 1. The smallest absolute Gasteiger partial charge is 0.309 e. The van der Waals surface area contributed by atoms with Gasteiger partial charge in [0.1, 0.15) is 0 Å². The molecule has 4 heteroatoms. The number of carboxylic acids is 1. The Bertz CT molecular complexity index is 576. The maximum Gasteiger partial charge on any atom is 0.309 e. The number of Topliss-reactive ketones (excluding diaryl/α,β-unsaturated/α-hetero) is 1. The second-order valence-electron chi connectivity index (χ2n) is 8.08. The lowest BCUT2D eigenvalue weighted by Gasteiger charge is -2.57. The third-order valence-corrected chi connectivity index (χ3v) is 6.74. The number of carboxylic acid groups (broad SMARTS) is 1. The van der Waals surface area contributed by atoms with Crippen molar-refractivity contribution in [3.05, 3.63) is 23.8 Å². The van der Waals surface area contributed by atoms with E-state index in [2.05, 4.69) is 13.5 Å². The fourth-order valence-electron chi connectivity index (χ4n) is 5.18. The van der Waals surface area contributed by atoms with Gasteiger partial charge in [-0.2, -0.15) is 0 Å². The largest absolute Gasteiger partial charge is 0.481 e. The van der Waals surface area contributed by atoms with Gasteiger partial charge in [-0.05, 0) is 62.4 Å². The molecule has 0 aromatic rings. The molecule has 0 heterocycles. The molecule has 0 radical (unpaired) electrons. The number of aliphatic hydroxyl groups excluding tert-OH is 1. The average molecular weight is 334 g/mol. The molecule has 0 unspecified atom stereocenters. The number of hydrogen-bond acceptors (Lipinski definition) is 3. The summed E-state index contributed by atoms with van der Waals surface area (Å²) in [6, 6.07) is 0. The predicted molar refractivity (Wildman–Crippen MR) is 93.5 cm³/mol. The van der Waals surface area contributed by atoms with Crippen molar-refractivity contribution in [1.82, 2.24) is 0 Å². The molecule has 2 N–H and O–H groups in total. The summed E-state index contributed by atoms with van der Waals surface area (Å²) in [6.07, 6.45) is 6.07. The van der Waals surface area contributed by atoms with E-state index >= 15 is 0 Å². The van der Waals surface area contributed by atoms with Crippen molar-refractivity contribution >= 4 is 11.8 Å². The predicted octanol–water partition coefficient (Wildman–Crippen LogP) is 3.75. The highest BCUT2D eigenvalue weighted by molar-refractivity contribution is 5.95. The number of carbonyl (C=O) groups is 2. The molecule has 4 nitrogen and oxygen atoms in total. The number of aliphatic hydroxyl groups is 1. The summed E-state index contributed by atoms with van der Waals surface area (Å²) in [7, 11) is 0. The topological polar surface area (TPSA) is 74.6 Å². The highest BCUT2D eigenvalue weighted by Crippen LogP contribution is 2.61. The first-order chi connectivity index (χ1) is 11.2. The van der Waals surface area contributed by atoms with Crippen LogP contribution in [0.2, 0.25) is 0 Å².